The predicted molar refractivity (Wildman–Crippen MR) is 67.9 cm³/mol. The van der Waals surface area contributed by atoms with Gasteiger partial charge >= 0.3 is 6.18 Å². The van der Waals surface area contributed by atoms with Crippen LogP contribution in [0.3, 0.4) is 0 Å². The molecule has 6 heteroatoms. The van der Waals surface area contributed by atoms with E-state index in [1.807, 2.05) is 0 Å². The van der Waals surface area contributed by atoms with E-state index in [4.69, 9.17) is 11.6 Å². The van der Waals surface area contributed by atoms with Crippen LogP contribution in [0.25, 0.3) is 0 Å². The topological polar surface area (TPSA) is 29.1 Å². The van der Waals surface area contributed by atoms with Crippen LogP contribution in [-0.2, 0) is 11.0 Å². The monoisotopic (exact) mass is 293 g/mol. The Morgan fingerprint density at radius 1 is 1.26 bits per heavy atom. The fourth-order valence-corrected chi connectivity index (χ4v) is 1.65. The second-order valence-electron chi connectivity index (χ2n) is 5.23. The average molecular weight is 294 g/mol. The Hall–Kier alpha value is -1.23. The Morgan fingerprint density at radius 2 is 1.84 bits per heavy atom. The molecule has 1 aromatic rings. The van der Waals surface area contributed by atoms with Crippen molar-refractivity contribution in [1.82, 2.24) is 5.32 Å². The number of amides is 1. The number of halogens is 4. The molecule has 1 amide bonds. The van der Waals surface area contributed by atoms with Crippen LogP contribution in [0.15, 0.2) is 24.3 Å². The number of hydrogen-bond donors (Lipinski definition) is 1. The number of alkyl halides is 4. The van der Waals surface area contributed by atoms with E-state index in [1.165, 1.54) is 12.1 Å². The first-order valence-electron chi connectivity index (χ1n) is 5.64. The van der Waals surface area contributed by atoms with Gasteiger partial charge in [0, 0.05) is 5.54 Å². The Labute approximate surface area is 114 Å². The summed E-state index contributed by atoms with van der Waals surface area (Å²) in [6, 6.07) is 4.46. The lowest BCUT2D eigenvalue weighted by molar-refractivity contribution is -0.137. The van der Waals surface area contributed by atoms with Crippen molar-refractivity contribution < 1.29 is 18.0 Å². The molecule has 0 saturated heterocycles. The maximum absolute atomic E-state index is 12.6. The molecule has 0 radical (unpaired) electrons. The summed E-state index contributed by atoms with van der Waals surface area (Å²) < 4.78 is 37.7. The van der Waals surface area contributed by atoms with Crippen LogP contribution >= 0.6 is 11.6 Å². The molecule has 1 atom stereocenters. The SMILES string of the molecule is CC(C)(C)NC(=O)C(Cl)c1cccc(C(F)(F)F)c1. The van der Waals surface area contributed by atoms with Gasteiger partial charge in [0.1, 0.15) is 5.38 Å². The van der Waals surface area contributed by atoms with Gasteiger partial charge in [0.2, 0.25) is 5.91 Å². The van der Waals surface area contributed by atoms with Crippen LogP contribution in [0.4, 0.5) is 13.2 Å². The molecule has 0 heterocycles. The zero-order chi connectivity index (χ0) is 14.8. The number of rotatable bonds is 2. The molecule has 0 aliphatic rings. The van der Waals surface area contributed by atoms with E-state index in [9.17, 15) is 18.0 Å². The van der Waals surface area contributed by atoms with Crippen molar-refractivity contribution in [1.29, 1.82) is 0 Å². The molecule has 1 N–H and O–H groups in total. The van der Waals surface area contributed by atoms with Crippen LogP contribution in [0.2, 0.25) is 0 Å². The minimum atomic E-state index is -4.45. The van der Waals surface area contributed by atoms with Gasteiger partial charge in [-0.1, -0.05) is 12.1 Å². The molecule has 1 unspecified atom stereocenters. The molecule has 0 aromatic heterocycles. The summed E-state index contributed by atoms with van der Waals surface area (Å²) in [5.41, 5.74) is -1.19. The van der Waals surface area contributed by atoms with Crippen molar-refractivity contribution in [3.63, 3.8) is 0 Å². The molecule has 0 bridgehead atoms. The van der Waals surface area contributed by atoms with Crippen molar-refractivity contribution in [2.75, 3.05) is 0 Å². The summed E-state index contributed by atoms with van der Waals surface area (Å²) >= 11 is 5.91. The van der Waals surface area contributed by atoms with Crippen molar-refractivity contribution in [2.24, 2.45) is 0 Å². The van der Waals surface area contributed by atoms with E-state index in [0.717, 1.165) is 12.1 Å². The van der Waals surface area contributed by atoms with Gasteiger partial charge in [-0.05, 0) is 38.5 Å². The normalized spacial score (nSPS) is 14.1. The summed E-state index contributed by atoms with van der Waals surface area (Å²) in [5, 5.41) is 1.47. The van der Waals surface area contributed by atoms with Gasteiger partial charge in [-0.2, -0.15) is 13.2 Å². The number of carbonyl (C=O) groups is 1. The number of carbonyl (C=O) groups excluding carboxylic acids is 1. The van der Waals surface area contributed by atoms with Gasteiger partial charge < -0.3 is 5.32 Å². The third kappa shape index (κ3) is 4.74. The highest BCUT2D eigenvalue weighted by Gasteiger charge is 2.31. The first-order chi connectivity index (χ1) is 8.50. The molecule has 0 saturated carbocycles. The van der Waals surface area contributed by atoms with E-state index in [0.29, 0.717) is 0 Å². The minimum absolute atomic E-state index is 0.123. The van der Waals surface area contributed by atoms with Crippen LogP contribution in [0.1, 0.15) is 37.3 Å². The lowest BCUT2D eigenvalue weighted by atomic mass is 10.0. The Bertz CT molecular complexity index is 466. The zero-order valence-corrected chi connectivity index (χ0v) is 11.6. The number of nitrogens with one attached hydrogen (secondary N) is 1. The second kappa shape index (κ2) is 5.41. The largest absolute Gasteiger partial charge is 0.416 e. The maximum atomic E-state index is 12.6. The van der Waals surface area contributed by atoms with Crippen molar-refractivity contribution in [3.05, 3.63) is 35.4 Å². The third-order valence-corrected chi connectivity index (χ3v) is 2.69. The zero-order valence-electron chi connectivity index (χ0n) is 10.8. The molecule has 1 rings (SSSR count). The molecule has 106 valence electrons. The van der Waals surface area contributed by atoms with Crippen molar-refractivity contribution in [3.8, 4) is 0 Å². The molecule has 1 aromatic carbocycles. The van der Waals surface area contributed by atoms with Crippen LogP contribution in [-0.4, -0.2) is 11.4 Å². The molecule has 2 nitrogen and oxygen atoms in total. The van der Waals surface area contributed by atoms with Gasteiger partial charge in [-0.25, -0.2) is 0 Å². The molecule has 0 fully saturated rings. The maximum Gasteiger partial charge on any atom is 0.416 e. The van der Waals surface area contributed by atoms with Gasteiger partial charge in [-0.15, -0.1) is 11.6 Å². The van der Waals surface area contributed by atoms with Gasteiger partial charge in [0.15, 0.2) is 0 Å². The summed E-state index contributed by atoms with van der Waals surface area (Å²) in [7, 11) is 0. The summed E-state index contributed by atoms with van der Waals surface area (Å²) in [4.78, 5) is 11.8. The molecular weight excluding hydrogens is 279 g/mol. The number of hydrogen-bond acceptors (Lipinski definition) is 1. The van der Waals surface area contributed by atoms with Crippen LogP contribution < -0.4 is 5.32 Å². The Kier molecular flexibility index (Phi) is 4.50. The lowest BCUT2D eigenvalue weighted by Crippen LogP contribution is -2.42. The average Bonchev–Trinajstić information content (AvgIpc) is 2.24. The third-order valence-electron chi connectivity index (χ3n) is 2.24. The smallest absolute Gasteiger partial charge is 0.350 e. The number of benzene rings is 1. The van der Waals surface area contributed by atoms with E-state index < -0.39 is 28.6 Å². The molecular formula is C13H15ClF3NO. The molecule has 0 aliphatic carbocycles. The minimum Gasteiger partial charge on any atom is -0.350 e. The lowest BCUT2D eigenvalue weighted by Gasteiger charge is -2.22. The summed E-state index contributed by atoms with van der Waals surface area (Å²) in [6.45, 7) is 5.29. The highest BCUT2D eigenvalue weighted by molar-refractivity contribution is 6.30. The second-order valence-corrected chi connectivity index (χ2v) is 5.66. The highest BCUT2D eigenvalue weighted by Crippen LogP contribution is 2.32. The van der Waals surface area contributed by atoms with Crippen LogP contribution in [0.5, 0.6) is 0 Å². The van der Waals surface area contributed by atoms with E-state index in [1.54, 1.807) is 20.8 Å². The fourth-order valence-electron chi connectivity index (χ4n) is 1.46. The van der Waals surface area contributed by atoms with Gasteiger partial charge in [-0.3, -0.25) is 4.79 Å². The van der Waals surface area contributed by atoms with Crippen LogP contribution in [0, 0.1) is 0 Å². The molecule has 19 heavy (non-hydrogen) atoms. The van der Waals surface area contributed by atoms with Crippen molar-refractivity contribution >= 4 is 17.5 Å². The summed E-state index contributed by atoms with van der Waals surface area (Å²) in [5.74, 6) is -0.520. The summed E-state index contributed by atoms with van der Waals surface area (Å²) in [6.07, 6.45) is -4.45. The molecule has 0 spiro atoms. The van der Waals surface area contributed by atoms with E-state index >= 15 is 0 Å². The fraction of sp³-hybridized carbons (Fsp3) is 0.462. The first kappa shape index (κ1) is 15.8. The quantitative estimate of drug-likeness (QED) is 0.823. The standard InChI is InChI=1S/C13H15ClF3NO/c1-12(2,3)18-11(19)10(14)8-5-4-6-9(7-8)13(15,16)17/h4-7,10H,1-3H3,(H,18,19). The molecule has 0 aliphatic heterocycles. The predicted octanol–water partition coefficient (Wildman–Crippen LogP) is 3.90. The van der Waals surface area contributed by atoms with E-state index in [2.05, 4.69) is 5.32 Å². The Balaban J connectivity index is 2.95. The highest BCUT2D eigenvalue weighted by atomic mass is 35.5. The van der Waals surface area contributed by atoms with Gasteiger partial charge in [0.25, 0.3) is 0 Å². The van der Waals surface area contributed by atoms with Crippen molar-refractivity contribution in [2.45, 2.75) is 37.9 Å². The van der Waals surface area contributed by atoms with Gasteiger partial charge in [0.05, 0.1) is 5.56 Å². The Morgan fingerprint density at radius 3 is 2.32 bits per heavy atom. The first-order valence-corrected chi connectivity index (χ1v) is 6.07. The van der Waals surface area contributed by atoms with E-state index in [-0.39, 0.29) is 5.56 Å².